The van der Waals surface area contributed by atoms with Crippen molar-refractivity contribution in [2.24, 2.45) is 0 Å². The van der Waals surface area contributed by atoms with Crippen LogP contribution in [0.1, 0.15) is 0 Å². The lowest BCUT2D eigenvalue weighted by atomic mass is 10.3. The van der Waals surface area contributed by atoms with E-state index >= 15 is 0 Å². The first-order valence-corrected chi connectivity index (χ1v) is 4.05. The minimum atomic E-state index is 0.234. The Hall–Kier alpha value is -0.340. The van der Waals surface area contributed by atoms with Gasteiger partial charge in [-0.1, -0.05) is 12.1 Å². The molecule has 0 aliphatic heterocycles. The quantitative estimate of drug-likeness (QED) is 0.682. The monoisotopic (exact) mass is 160 g/mol. The lowest BCUT2D eigenvalue weighted by molar-refractivity contribution is 0.462. The molecule has 0 atom stereocenters. The zero-order chi connectivity index (χ0) is 6.69. The highest BCUT2D eigenvalue weighted by molar-refractivity contribution is 8.21. The van der Waals surface area contributed by atoms with Gasteiger partial charge in [0.15, 0.2) is 0 Å². The second kappa shape index (κ2) is 2.99. The standard InChI is InChI=1S/C6H5ClOS/c7-9-6-4-2-1-3-5(6)8/h1-4,8H. The number of para-hydroxylation sites is 1. The molecule has 0 radical (unpaired) electrons. The molecule has 0 heterocycles. The molecular formula is C6H5ClOS. The van der Waals surface area contributed by atoms with Crippen LogP contribution >= 0.6 is 21.7 Å². The van der Waals surface area contributed by atoms with Crippen LogP contribution in [0.15, 0.2) is 29.2 Å². The topological polar surface area (TPSA) is 20.2 Å². The zero-order valence-corrected chi connectivity index (χ0v) is 6.12. The first-order chi connectivity index (χ1) is 4.34. The molecule has 0 amide bonds. The van der Waals surface area contributed by atoms with E-state index in [9.17, 15) is 0 Å². The van der Waals surface area contributed by atoms with Crippen LogP contribution < -0.4 is 0 Å². The minimum absolute atomic E-state index is 0.234. The maximum atomic E-state index is 9.01. The Morgan fingerprint density at radius 1 is 1.33 bits per heavy atom. The van der Waals surface area contributed by atoms with E-state index in [1.165, 1.54) is 0 Å². The Labute approximate surface area is 62.2 Å². The van der Waals surface area contributed by atoms with E-state index in [1.54, 1.807) is 18.2 Å². The summed E-state index contributed by atoms with van der Waals surface area (Å²) in [5.74, 6) is 0.234. The summed E-state index contributed by atoms with van der Waals surface area (Å²) in [4.78, 5) is 0.694. The smallest absolute Gasteiger partial charge is 0.130 e. The minimum Gasteiger partial charge on any atom is -0.507 e. The molecule has 1 aromatic rings. The summed E-state index contributed by atoms with van der Waals surface area (Å²) in [5.41, 5.74) is 0. The number of phenolic OH excluding ortho intramolecular Hbond substituents is 1. The van der Waals surface area contributed by atoms with Crippen LogP contribution in [0.2, 0.25) is 0 Å². The Morgan fingerprint density at radius 2 is 2.00 bits per heavy atom. The van der Waals surface area contributed by atoms with Crippen LogP contribution in [0.4, 0.5) is 0 Å². The number of phenols is 1. The highest BCUT2D eigenvalue weighted by atomic mass is 35.7. The van der Waals surface area contributed by atoms with Gasteiger partial charge in [0.2, 0.25) is 0 Å². The molecule has 0 fully saturated rings. The molecule has 0 bridgehead atoms. The molecule has 0 saturated heterocycles. The molecule has 1 N–H and O–H groups in total. The van der Waals surface area contributed by atoms with E-state index in [2.05, 4.69) is 0 Å². The van der Waals surface area contributed by atoms with Crippen molar-refractivity contribution in [3.8, 4) is 5.75 Å². The normalized spacial score (nSPS) is 9.44. The molecule has 48 valence electrons. The Morgan fingerprint density at radius 3 is 2.44 bits per heavy atom. The second-order valence-corrected chi connectivity index (χ2v) is 2.60. The summed E-state index contributed by atoms with van der Waals surface area (Å²) >= 11 is 0. The van der Waals surface area contributed by atoms with Gasteiger partial charge in [0, 0.05) is 0 Å². The van der Waals surface area contributed by atoms with Crippen LogP contribution in [0.25, 0.3) is 0 Å². The van der Waals surface area contributed by atoms with E-state index < -0.39 is 0 Å². The lowest BCUT2D eigenvalue weighted by Gasteiger charge is -1.94. The molecule has 3 heteroatoms. The third-order valence-corrected chi connectivity index (χ3v) is 1.96. The molecular weight excluding hydrogens is 156 g/mol. The average molecular weight is 161 g/mol. The number of aromatic hydroxyl groups is 1. The summed E-state index contributed by atoms with van der Waals surface area (Å²) in [6.07, 6.45) is 0. The molecule has 1 aromatic carbocycles. The molecule has 0 aromatic heterocycles. The van der Waals surface area contributed by atoms with E-state index in [0.29, 0.717) is 4.90 Å². The predicted molar refractivity (Wildman–Crippen MR) is 39.8 cm³/mol. The van der Waals surface area contributed by atoms with Gasteiger partial charge in [0.25, 0.3) is 0 Å². The van der Waals surface area contributed by atoms with Gasteiger partial charge in [-0.25, -0.2) is 0 Å². The fraction of sp³-hybridized carbons (Fsp3) is 0. The zero-order valence-electron chi connectivity index (χ0n) is 4.54. The molecule has 1 nitrogen and oxygen atoms in total. The third-order valence-electron chi connectivity index (χ3n) is 0.948. The van der Waals surface area contributed by atoms with Crippen molar-refractivity contribution in [1.82, 2.24) is 0 Å². The van der Waals surface area contributed by atoms with Gasteiger partial charge in [0.05, 0.1) is 4.90 Å². The van der Waals surface area contributed by atoms with Gasteiger partial charge >= 0.3 is 0 Å². The number of hydrogen-bond donors (Lipinski definition) is 1. The van der Waals surface area contributed by atoms with Crippen molar-refractivity contribution in [3.63, 3.8) is 0 Å². The van der Waals surface area contributed by atoms with Gasteiger partial charge < -0.3 is 5.11 Å². The molecule has 0 spiro atoms. The summed E-state index contributed by atoms with van der Waals surface area (Å²) in [6, 6.07) is 6.94. The largest absolute Gasteiger partial charge is 0.507 e. The van der Waals surface area contributed by atoms with E-state index in [0.717, 1.165) is 11.0 Å². The van der Waals surface area contributed by atoms with Crippen LogP contribution in [-0.4, -0.2) is 5.11 Å². The number of benzene rings is 1. The van der Waals surface area contributed by atoms with Crippen LogP contribution in [0.3, 0.4) is 0 Å². The number of hydrogen-bond acceptors (Lipinski definition) is 2. The van der Waals surface area contributed by atoms with E-state index in [1.807, 2.05) is 6.07 Å². The van der Waals surface area contributed by atoms with Crippen molar-refractivity contribution in [3.05, 3.63) is 24.3 Å². The summed E-state index contributed by atoms with van der Waals surface area (Å²) in [6.45, 7) is 0. The predicted octanol–water partition coefficient (Wildman–Crippen LogP) is 2.64. The average Bonchev–Trinajstić information content (AvgIpc) is 1.89. The van der Waals surface area contributed by atoms with Crippen molar-refractivity contribution >= 4 is 21.7 Å². The Bertz CT molecular complexity index is 202. The van der Waals surface area contributed by atoms with Crippen LogP contribution in [0.5, 0.6) is 5.75 Å². The maximum absolute atomic E-state index is 9.01. The molecule has 9 heavy (non-hydrogen) atoms. The molecule has 1 rings (SSSR count). The van der Waals surface area contributed by atoms with Gasteiger partial charge in [-0.05, 0) is 33.8 Å². The maximum Gasteiger partial charge on any atom is 0.130 e. The third kappa shape index (κ3) is 1.53. The van der Waals surface area contributed by atoms with Crippen LogP contribution in [0, 0.1) is 0 Å². The highest BCUT2D eigenvalue weighted by Crippen LogP contribution is 2.29. The van der Waals surface area contributed by atoms with E-state index in [-0.39, 0.29) is 5.75 Å². The SMILES string of the molecule is Oc1ccccc1SCl. The summed E-state index contributed by atoms with van der Waals surface area (Å²) in [7, 11) is 6.41. The van der Waals surface area contributed by atoms with Gasteiger partial charge in [-0.15, -0.1) is 0 Å². The van der Waals surface area contributed by atoms with Crippen molar-refractivity contribution in [1.29, 1.82) is 0 Å². The molecule has 0 aliphatic carbocycles. The fourth-order valence-corrected chi connectivity index (χ4v) is 1.19. The van der Waals surface area contributed by atoms with Crippen molar-refractivity contribution in [2.45, 2.75) is 4.90 Å². The fourth-order valence-electron chi connectivity index (χ4n) is 0.522. The lowest BCUT2D eigenvalue weighted by Crippen LogP contribution is -1.66. The molecule has 0 aliphatic rings. The highest BCUT2D eigenvalue weighted by Gasteiger charge is 1.95. The van der Waals surface area contributed by atoms with Gasteiger partial charge in [-0.2, -0.15) is 0 Å². The molecule has 0 saturated carbocycles. The Kier molecular flexibility index (Phi) is 2.25. The summed E-state index contributed by atoms with van der Waals surface area (Å²) < 4.78 is 0. The van der Waals surface area contributed by atoms with Gasteiger partial charge in [0.1, 0.15) is 5.75 Å². The first-order valence-electron chi connectivity index (χ1n) is 2.41. The second-order valence-electron chi connectivity index (χ2n) is 1.54. The van der Waals surface area contributed by atoms with E-state index in [4.69, 9.17) is 15.8 Å². The number of rotatable bonds is 1. The number of halogens is 1. The van der Waals surface area contributed by atoms with Crippen molar-refractivity contribution in [2.75, 3.05) is 0 Å². The van der Waals surface area contributed by atoms with Crippen LogP contribution in [-0.2, 0) is 0 Å². The van der Waals surface area contributed by atoms with Crippen molar-refractivity contribution < 1.29 is 5.11 Å². The summed E-state index contributed by atoms with van der Waals surface area (Å²) in [5, 5.41) is 9.01. The Balaban J connectivity index is 3.01. The first kappa shape index (κ1) is 6.78. The van der Waals surface area contributed by atoms with Gasteiger partial charge in [-0.3, -0.25) is 0 Å². The molecule has 0 unspecified atom stereocenters.